The topological polar surface area (TPSA) is 29.0 Å². The van der Waals surface area contributed by atoms with E-state index in [4.69, 9.17) is 11.6 Å². The van der Waals surface area contributed by atoms with Crippen LogP contribution >= 0.6 is 11.6 Å². The number of anilines is 1. The van der Waals surface area contributed by atoms with Gasteiger partial charge in [-0.05, 0) is 19.8 Å². The van der Waals surface area contributed by atoms with Crippen molar-refractivity contribution in [3.63, 3.8) is 0 Å². The summed E-state index contributed by atoms with van der Waals surface area (Å²) in [6.45, 7) is 7.99. The van der Waals surface area contributed by atoms with Gasteiger partial charge in [-0.3, -0.25) is 4.98 Å². The van der Waals surface area contributed by atoms with Gasteiger partial charge in [0, 0.05) is 13.1 Å². The Kier molecular flexibility index (Phi) is 2.83. The molecule has 1 aliphatic rings. The van der Waals surface area contributed by atoms with E-state index in [9.17, 15) is 0 Å². The first kappa shape index (κ1) is 10.7. The number of hydrogen-bond acceptors (Lipinski definition) is 3. The summed E-state index contributed by atoms with van der Waals surface area (Å²) in [7, 11) is 0. The highest BCUT2D eigenvalue weighted by Gasteiger charge is 2.28. The molecule has 1 saturated heterocycles. The van der Waals surface area contributed by atoms with Gasteiger partial charge in [-0.1, -0.05) is 6.92 Å². The summed E-state index contributed by atoms with van der Waals surface area (Å²) in [5.41, 5.74) is 1.99. The van der Waals surface area contributed by atoms with Crippen molar-refractivity contribution in [3.05, 3.63) is 17.6 Å². The molecule has 1 aromatic heterocycles. The molecule has 0 spiro atoms. The summed E-state index contributed by atoms with van der Waals surface area (Å²) in [6, 6.07) is 0. The molecule has 1 aliphatic heterocycles. The van der Waals surface area contributed by atoms with Crippen LogP contribution in [0.1, 0.15) is 18.3 Å². The number of nitrogens with zero attached hydrogens (tertiary/aromatic N) is 3. The maximum atomic E-state index is 6.19. The standard InChI is InChI=1S/C11H16ClN3/c1-7-5-15(6-10(7)12)11-4-13-8(2)9(3)14-11/h4,7,10H,5-6H2,1-3H3. The Morgan fingerprint density at radius 1 is 1.33 bits per heavy atom. The summed E-state index contributed by atoms with van der Waals surface area (Å²) in [6.07, 6.45) is 1.84. The van der Waals surface area contributed by atoms with Gasteiger partial charge in [0.25, 0.3) is 0 Å². The average Bonchev–Trinajstić information content (AvgIpc) is 2.52. The maximum absolute atomic E-state index is 6.19. The molecular formula is C11H16ClN3. The molecule has 0 bridgehead atoms. The second kappa shape index (κ2) is 3.97. The van der Waals surface area contributed by atoms with E-state index >= 15 is 0 Å². The van der Waals surface area contributed by atoms with E-state index in [2.05, 4.69) is 21.8 Å². The number of rotatable bonds is 1. The third-order valence-electron chi connectivity index (χ3n) is 3.02. The van der Waals surface area contributed by atoms with E-state index in [1.54, 1.807) is 0 Å². The van der Waals surface area contributed by atoms with E-state index < -0.39 is 0 Å². The third kappa shape index (κ3) is 2.07. The molecule has 2 atom stereocenters. The summed E-state index contributed by atoms with van der Waals surface area (Å²) in [5.74, 6) is 1.48. The van der Waals surface area contributed by atoms with Crippen LogP contribution in [-0.2, 0) is 0 Å². The second-order valence-electron chi connectivity index (χ2n) is 4.30. The Bertz CT molecular complexity index is 357. The fourth-order valence-corrected chi connectivity index (χ4v) is 2.04. The van der Waals surface area contributed by atoms with Crippen LogP contribution in [0, 0.1) is 19.8 Å². The third-order valence-corrected chi connectivity index (χ3v) is 3.59. The van der Waals surface area contributed by atoms with Gasteiger partial charge >= 0.3 is 0 Å². The van der Waals surface area contributed by atoms with Crippen molar-refractivity contribution in [2.75, 3.05) is 18.0 Å². The number of aryl methyl sites for hydroxylation is 2. The first-order valence-electron chi connectivity index (χ1n) is 5.27. The smallest absolute Gasteiger partial charge is 0.147 e. The normalized spacial score (nSPS) is 26.0. The maximum Gasteiger partial charge on any atom is 0.147 e. The molecule has 2 unspecified atom stereocenters. The molecular weight excluding hydrogens is 210 g/mol. The second-order valence-corrected chi connectivity index (χ2v) is 4.86. The quantitative estimate of drug-likeness (QED) is 0.686. The lowest BCUT2D eigenvalue weighted by Gasteiger charge is -2.17. The van der Waals surface area contributed by atoms with Gasteiger partial charge in [-0.25, -0.2) is 4.98 Å². The van der Waals surface area contributed by atoms with Crippen LogP contribution in [0.2, 0.25) is 0 Å². The lowest BCUT2D eigenvalue weighted by atomic mass is 10.2. The molecule has 0 saturated carbocycles. The summed E-state index contributed by atoms with van der Waals surface area (Å²) < 4.78 is 0. The summed E-state index contributed by atoms with van der Waals surface area (Å²) >= 11 is 6.19. The number of alkyl halides is 1. The fraction of sp³-hybridized carbons (Fsp3) is 0.636. The highest BCUT2D eigenvalue weighted by molar-refractivity contribution is 6.21. The van der Waals surface area contributed by atoms with Crippen LogP contribution in [0.15, 0.2) is 6.20 Å². The van der Waals surface area contributed by atoms with Crippen LogP contribution in [0.4, 0.5) is 5.82 Å². The monoisotopic (exact) mass is 225 g/mol. The predicted octanol–water partition coefficient (Wildman–Crippen LogP) is 2.16. The van der Waals surface area contributed by atoms with Gasteiger partial charge in [0.05, 0.1) is 23.0 Å². The van der Waals surface area contributed by atoms with Crippen molar-refractivity contribution in [1.82, 2.24) is 9.97 Å². The van der Waals surface area contributed by atoms with Crippen molar-refractivity contribution in [3.8, 4) is 0 Å². The van der Waals surface area contributed by atoms with Gasteiger partial charge in [0.15, 0.2) is 0 Å². The van der Waals surface area contributed by atoms with Crippen molar-refractivity contribution >= 4 is 17.4 Å². The Balaban J connectivity index is 2.20. The zero-order valence-electron chi connectivity index (χ0n) is 9.37. The largest absolute Gasteiger partial charge is 0.354 e. The minimum absolute atomic E-state index is 0.230. The highest BCUT2D eigenvalue weighted by atomic mass is 35.5. The van der Waals surface area contributed by atoms with Crippen molar-refractivity contribution in [2.24, 2.45) is 5.92 Å². The van der Waals surface area contributed by atoms with E-state index in [-0.39, 0.29) is 5.38 Å². The molecule has 3 nitrogen and oxygen atoms in total. The van der Waals surface area contributed by atoms with Crippen molar-refractivity contribution in [2.45, 2.75) is 26.1 Å². The van der Waals surface area contributed by atoms with Crippen LogP contribution in [0.3, 0.4) is 0 Å². The van der Waals surface area contributed by atoms with Gasteiger partial charge in [-0.2, -0.15) is 0 Å². The molecule has 4 heteroatoms. The van der Waals surface area contributed by atoms with E-state index in [1.165, 1.54) is 0 Å². The Hall–Kier alpha value is -0.830. The van der Waals surface area contributed by atoms with Crippen LogP contribution in [0.5, 0.6) is 0 Å². The summed E-state index contributed by atoms with van der Waals surface area (Å²) in [4.78, 5) is 11.1. The van der Waals surface area contributed by atoms with E-state index in [1.807, 2.05) is 20.0 Å². The first-order chi connectivity index (χ1) is 7.08. The molecule has 1 aromatic rings. The zero-order chi connectivity index (χ0) is 11.0. The van der Waals surface area contributed by atoms with Gasteiger partial charge in [-0.15, -0.1) is 11.6 Å². The molecule has 0 N–H and O–H groups in total. The van der Waals surface area contributed by atoms with Crippen molar-refractivity contribution in [1.29, 1.82) is 0 Å². The Labute approximate surface area is 95.5 Å². The predicted molar refractivity (Wildman–Crippen MR) is 62.5 cm³/mol. The van der Waals surface area contributed by atoms with Crippen LogP contribution in [-0.4, -0.2) is 28.4 Å². The number of hydrogen-bond donors (Lipinski definition) is 0. The number of aromatic nitrogens is 2. The van der Waals surface area contributed by atoms with Crippen LogP contribution in [0.25, 0.3) is 0 Å². The zero-order valence-corrected chi connectivity index (χ0v) is 10.1. The molecule has 1 fully saturated rings. The SMILES string of the molecule is Cc1ncc(N2CC(C)C(Cl)C2)nc1C. The van der Waals surface area contributed by atoms with Gasteiger partial charge < -0.3 is 4.90 Å². The Morgan fingerprint density at radius 2 is 2.07 bits per heavy atom. The minimum atomic E-state index is 0.230. The molecule has 15 heavy (non-hydrogen) atoms. The lowest BCUT2D eigenvalue weighted by Crippen LogP contribution is -2.21. The average molecular weight is 226 g/mol. The lowest BCUT2D eigenvalue weighted by molar-refractivity contribution is 0.665. The highest BCUT2D eigenvalue weighted by Crippen LogP contribution is 2.25. The minimum Gasteiger partial charge on any atom is -0.354 e. The van der Waals surface area contributed by atoms with Crippen molar-refractivity contribution < 1.29 is 0 Å². The molecule has 2 rings (SSSR count). The molecule has 2 heterocycles. The molecule has 82 valence electrons. The Morgan fingerprint density at radius 3 is 2.60 bits per heavy atom. The molecule has 0 aromatic carbocycles. The van der Waals surface area contributed by atoms with Gasteiger partial charge in [0.1, 0.15) is 5.82 Å². The summed E-state index contributed by atoms with van der Waals surface area (Å²) in [5, 5.41) is 0.230. The van der Waals surface area contributed by atoms with Gasteiger partial charge in [0.2, 0.25) is 0 Å². The molecule has 0 amide bonds. The first-order valence-corrected chi connectivity index (χ1v) is 5.71. The fourth-order valence-electron chi connectivity index (χ4n) is 1.80. The van der Waals surface area contributed by atoms with E-state index in [0.717, 1.165) is 30.3 Å². The van der Waals surface area contributed by atoms with Crippen LogP contribution < -0.4 is 4.90 Å². The number of halogens is 1. The van der Waals surface area contributed by atoms with E-state index in [0.29, 0.717) is 5.92 Å². The molecule has 0 radical (unpaired) electrons. The molecule has 0 aliphatic carbocycles.